The minimum absolute atomic E-state index is 0.173. The van der Waals surface area contributed by atoms with Crippen molar-refractivity contribution in [3.63, 3.8) is 0 Å². The maximum absolute atomic E-state index is 12.5. The molecule has 0 unspecified atom stereocenters. The number of ether oxygens (including phenoxy) is 2. The molecule has 0 atom stereocenters. The first-order valence-corrected chi connectivity index (χ1v) is 11.0. The van der Waals surface area contributed by atoms with Gasteiger partial charge in [-0.25, -0.2) is 4.98 Å². The van der Waals surface area contributed by atoms with Crippen molar-refractivity contribution in [1.29, 1.82) is 0 Å². The molecule has 33 heavy (non-hydrogen) atoms. The van der Waals surface area contributed by atoms with Crippen LogP contribution in [0.2, 0.25) is 0 Å². The molecule has 10 nitrogen and oxygen atoms in total. The number of thioether (sulfide) groups is 1. The lowest BCUT2D eigenvalue weighted by molar-refractivity contribution is 0.0949. The number of fused-ring (bicyclic) bond motifs is 1. The smallest absolute Gasteiger partial charge is 0.258 e. The third-order valence-corrected chi connectivity index (χ3v) is 6.01. The second-order valence-electron chi connectivity index (χ2n) is 7.03. The zero-order chi connectivity index (χ0) is 23.4. The van der Waals surface area contributed by atoms with E-state index in [9.17, 15) is 9.59 Å². The molecule has 0 fully saturated rings. The van der Waals surface area contributed by atoms with Gasteiger partial charge in [-0.1, -0.05) is 23.9 Å². The number of carbonyl (C=O) groups excluding carboxylic acids is 1. The number of aromatic amines is 1. The highest BCUT2D eigenvalue weighted by Crippen LogP contribution is 2.27. The Balaban J connectivity index is 1.40. The van der Waals surface area contributed by atoms with E-state index in [4.69, 9.17) is 9.47 Å². The van der Waals surface area contributed by atoms with E-state index >= 15 is 0 Å². The number of H-pyrrole nitrogens is 1. The van der Waals surface area contributed by atoms with Crippen molar-refractivity contribution in [2.75, 3.05) is 14.2 Å². The van der Waals surface area contributed by atoms with Gasteiger partial charge in [0.1, 0.15) is 5.82 Å². The van der Waals surface area contributed by atoms with E-state index in [0.29, 0.717) is 50.5 Å². The van der Waals surface area contributed by atoms with Crippen molar-refractivity contribution in [1.82, 2.24) is 30.0 Å². The summed E-state index contributed by atoms with van der Waals surface area (Å²) in [6.45, 7) is 0.197. The molecule has 0 aliphatic carbocycles. The summed E-state index contributed by atoms with van der Waals surface area (Å²) in [6, 6.07) is 12.1. The van der Waals surface area contributed by atoms with Crippen LogP contribution in [-0.2, 0) is 19.3 Å². The van der Waals surface area contributed by atoms with Crippen molar-refractivity contribution >= 4 is 28.6 Å². The highest BCUT2D eigenvalue weighted by atomic mass is 32.2. The zero-order valence-corrected chi connectivity index (χ0v) is 19.1. The fourth-order valence-corrected chi connectivity index (χ4v) is 4.00. The molecule has 4 rings (SSSR count). The van der Waals surface area contributed by atoms with Crippen LogP contribution in [0.25, 0.3) is 10.9 Å². The molecule has 4 aromatic rings. The first-order chi connectivity index (χ1) is 16.0. The summed E-state index contributed by atoms with van der Waals surface area (Å²) >= 11 is 1.39. The normalized spacial score (nSPS) is 10.9. The van der Waals surface area contributed by atoms with Gasteiger partial charge in [0, 0.05) is 12.6 Å². The minimum Gasteiger partial charge on any atom is -0.493 e. The topological polar surface area (TPSA) is 124 Å². The lowest BCUT2D eigenvalue weighted by Gasteiger charge is -2.10. The molecule has 0 saturated heterocycles. The third kappa shape index (κ3) is 4.82. The maximum Gasteiger partial charge on any atom is 0.258 e. The summed E-state index contributed by atoms with van der Waals surface area (Å²) in [7, 11) is 4.87. The Morgan fingerprint density at radius 1 is 1.12 bits per heavy atom. The Hall–Kier alpha value is -3.86. The highest BCUT2D eigenvalue weighted by molar-refractivity contribution is 7.98. The average Bonchev–Trinajstić information content (AvgIpc) is 3.19. The summed E-state index contributed by atoms with van der Waals surface area (Å²) in [6.07, 6.45) is 0. The van der Waals surface area contributed by atoms with Crippen molar-refractivity contribution in [2.24, 2.45) is 7.05 Å². The van der Waals surface area contributed by atoms with Crippen molar-refractivity contribution < 1.29 is 14.3 Å². The Kier molecular flexibility index (Phi) is 6.59. The SMILES string of the molecule is COc1ccc(C(=O)NCc2nnc(SCc3nc4ccccc4c(=O)[nH]3)n2C)cc1OC. The number of benzene rings is 2. The summed E-state index contributed by atoms with van der Waals surface area (Å²) in [4.78, 5) is 32.1. The largest absolute Gasteiger partial charge is 0.493 e. The van der Waals surface area contributed by atoms with Crippen LogP contribution in [0.1, 0.15) is 22.0 Å². The molecule has 0 bridgehead atoms. The van der Waals surface area contributed by atoms with Crippen LogP contribution < -0.4 is 20.3 Å². The standard InChI is InChI=1S/C22H22N6O4S/c1-28-19(11-23-20(29)13-8-9-16(31-2)17(10-13)32-3)26-27-22(28)33-12-18-24-15-7-5-4-6-14(15)21(30)25-18/h4-10H,11-12H2,1-3H3,(H,23,29)(H,24,25,30). The molecule has 0 aliphatic heterocycles. The summed E-state index contributed by atoms with van der Waals surface area (Å²) < 4.78 is 12.2. The van der Waals surface area contributed by atoms with E-state index in [-0.39, 0.29) is 18.0 Å². The van der Waals surface area contributed by atoms with Gasteiger partial charge in [-0.05, 0) is 30.3 Å². The Labute approximate surface area is 193 Å². The average molecular weight is 467 g/mol. The van der Waals surface area contributed by atoms with Gasteiger partial charge >= 0.3 is 0 Å². The van der Waals surface area contributed by atoms with Crippen LogP contribution in [-0.4, -0.2) is 44.9 Å². The zero-order valence-electron chi connectivity index (χ0n) is 18.3. The van der Waals surface area contributed by atoms with Crippen molar-refractivity contribution in [3.05, 3.63) is 70.0 Å². The molecule has 170 valence electrons. The predicted molar refractivity (Wildman–Crippen MR) is 124 cm³/mol. The van der Waals surface area contributed by atoms with Gasteiger partial charge in [-0.2, -0.15) is 0 Å². The van der Waals surface area contributed by atoms with Gasteiger partial charge in [0.25, 0.3) is 11.5 Å². The van der Waals surface area contributed by atoms with Gasteiger partial charge < -0.3 is 24.3 Å². The second kappa shape index (κ2) is 9.74. The Morgan fingerprint density at radius 2 is 1.91 bits per heavy atom. The molecule has 0 aliphatic rings. The molecular formula is C22H22N6O4S. The number of methoxy groups -OCH3 is 2. The van der Waals surface area contributed by atoms with E-state index in [0.717, 1.165) is 0 Å². The molecule has 11 heteroatoms. The van der Waals surface area contributed by atoms with Gasteiger partial charge in [-0.3, -0.25) is 9.59 Å². The summed E-state index contributed by atoms with van der Waals surface area (Å²) in [5, 5.41) is 12.4. The van der Waals surface area contributed by atoms with E-state index in [2.05, 4.69) is 25.5 Å². The predicted octanol–water partition coefficient (Wildman–Crippen LogP) is 2.29. The number of rotatable bonds is 8. The number of aromatic nitrogens is 5. The number of carbonyl (C=O) groups is 1. The number of hydrogen-bond acceptors (Lipinski definition) is 8. The van der Waals surface area contributed by atoms with Gasteiger partial charge in [0.05, 0.1) is 37.4 Å². The molecule has 1 amide bonds. The van der Waals surface area contributed by atoms with Crippen molar-refractivity contribution in [3.8, 4) is 11.5 Å². The second-order valence-corrected chi connectivity index (χ2v) is 7.97. The highest BCUT2D eigenvalue weighted by Gasteiger charge is 2.14. The molecular weight excluding hydrogens is 444 g/mol. The van der Waals surface area contributed by atoms with Crippen LogP contribution in [0.4, 0.5) is 0 Å². The van der Waals surface area contributed by atoms with E-state index in [1.54, 1.807) is 41.0 Å². The maximum atomic E-state index is 12.5. The minimum atomic E-state index is -0.272. The van der Waals surface area contributed by atoms with Crippen LogP contribution in [0, 0.1) is 0 Å². The Bertz CT molecular complexity index is 1370. The first-order valence-electron chi connectivity index (χ1n) is 9.99. The monoisotopic (exact) mass is 466 g/mol. The van der Waals surface area contributed by atoms with Gasteiger partial charge in [-0.15, -0.1) is 10.2 Å². The van der Waals surface area contributed by atoms with E-state index in [1.807, 2.05) is 13.1 Å². The van der Waals surface area contributed by atoms with E-state index in [1.165, 1.54) is 26.0 Å². The molecule has 0 radical (unpaired) electrons. The van der Waals surface area contributed by atoms with Crippen LogP contribution in [0.5, 0.6) is 11.5 Å². The number of hydrogen-bond donors (Lipinski definition) is 2. The summed E-state index contributed by atoms with van der Waals surface area (Å²) in [5.41, 5.74) is 0.914. The van der Waals surface area contributed by atoms with E-state index < -0.39 is 0 Å². The van der Waals surface area contributed by atoms with Crippen LogP contribution in [0.3, 0.4) is 0 Å². The first kappa shape index (κ1) is 22.3. The summed E-state index contributed by atoms with van der Waals surface area (Å²) in [5.74, 6) is 2.31. The molecule has 0 saturated carbocycles. The van der Waals surface area contributed by atoms with Crippen LogP contribution in [0.15, 0.2) is 52.4 Å². The van der Waals surface area contributed by atoms with Crippen molar-refractivity contribution in [2.45, 2.75) is 17.5 Å². The fourth-order valence-electron chi connectivity index (χ4n) is 3.20. The van der Waals surface area contributed by atoms with Gasteiger partial charge in [0.15, 0.2) is 22.5 Å². The van der Waals surface area contributed by atoms with Crippen LogP contribution >= 0.6 is 11.8 Å². The lowest BCUT2D eigenvalue weighted by atomic mass is 10.2. The third-order valence-electron chi connectivity index (χ3n) is 4.98. The molecule has 2 heterocycles. The Morgan fingerprint density at radius 3 is 2.70 bits per heavy atom. The number of para-hydroxylation sites is 1. The number of nitrogens with zero attached hydrogens (tertiary/aromatic N) is 4. The molecule has 2 N–H and O–H groups in total. The molecule has 2 aromatic heterocycles. The lowest BCUT2D eigenvalue weighted by Crippen LogP contribution is -2.24. The number of nitrogens with one attached hydrogen (secondary N) is 2. The quantitative estimate of drug-likeness (QED) is 0.379. The number of amides is 1. The molecule has 0 spiro atoms. The van der Waals surface area contributed by atoms with Gasteiger partial charge in [0.2, 0.25) is 0 Å². The fraction of sp³-hybridized carbons (Fsp3) is 0.227. The molecule has 2 aromatic carbocycles.